The fourth-order valence-corrected chi connectivity index (χ4v) is 1.91. The Morgan fingerprint density at radius 3 is 2.86 bits per heavy atom. The SMILES string of the molecule is CCn1cc(NC(=O)c2cc([N+](=O)[O-])cc(Cl)c2N)cn1. The van der Waals surface area contributed by atoms with Gasteiger partial charge in [-0.3, -0.25) is 19.6 Å². The first-order chi connectivity index (χ1) is 9.92. The molecule has 1 amide bonds. The van der Waals surface area contributed by atoms with Gasteiger partial charge in [-0.25, -0.2) is 0 Å². The summed E-state index contributed by atoms with van der Waals surface area (Å²) in [5.74, 6) is -0.589. The van der Waals surface area contributed by atoms with Gasteiger partial charge in [0.15, 0.2) is 0 Å². The van der Waals surface area contributed by atoms with Gasteiger partial charge in [-0.2, -0.15) is 5.10 Å². The third-order valence-corrected chi connectivity index (χ3v) is 3.10. The summed E-state index contributed by atoms with van der Waals surface area (Å²) >= 11 is 5.81. The van der Waals surface area contributed by atoms with E-state index in [9.17, 15) is 14.9 Å². The summed E-state index contributed by atoms with van der Waals surface area (Å²) in [5.41, 5.74) is 5.79. The number of carbonyl (C=O) groups is 1. The van der Waals surface area contributed by atoms with Gasteiger partial charge in [0.1, 0.15) is 0 Å². The number of hydrogen-bond acceptors (Lipinski definition) is 5. The fourth-order valence-electron chi connectivity index (χ4n) is 1.70. The van der Waals surface area contributed by atoms with E-state index in [1.807, 2.05) is 6.92 Å². The molecule has 0 spiro atoms. The first-order valence-corrected chi connectivity index (χ1v) is 6.37. The number of nitrogens with two attached hydrogens (primary N) is 1. The monoisotopic (exact) mass is 309 g/mol. The average Bonchev–Trinajstić information content (AvgIpc) is 2.88. The summed E-state index contributed by atoms with van der Waals surface area (Å²) in [4.78, 5) is 22.3. The van der Waals surface area contributed by atoms with Crippen LogP contribution in [-0.2, 0) is 6.54 Å². The molecular formula is C12H12ClN5O3. The minimum absolute atomic E-state index is 0.0114. The molecule has 1 heterocycles. The molecule has 110 valence electrons. The van der Waals surface area contributed by atoms with E-state index in [0.29, 0.717) is 12.2 Å². The van der Waals surface area contributed by atoms with E-state index in [2.05, 4.69) is 10.4 Å². The summed E-state index contributed by atoms with van der Waals surface area (Å²) in [7, 11) is 0. The Bertz CT molecular complexity index is 713. The van der Waals surface area contributed by atoms with E-state index in [0.717, 1.165) is 12.1 Å². The molecule has 1 aromatic carbocycles. The van der Waals surface area contributed by atoms with Crippen molar-refractivity contribution >= 4 is 34.6 Å². The highest BCUT2D eigenvalue weighted by Gasteiger charge is 2.19. The first kappa shape index (κ1) is 14.8. The van der Waals surface area contributed by atoms with Crippen molar-refractivity contribution < 1.29 is 9.72 Å². The molecule has 0 aliphatic heterocycles. The lowest BCUT2D eigenvalue weighted by molar-refractivity contribution is -0.384. The molecule has 0 fully saturated rings. The van der Waals surface area contributed by atoms with Crippen molar-refractivity contribution in [2.75, 3.05) is 11.1 Å². The van der Waals surface area contributed by atoms with Gasteiger partial charge in [0, 0.05) is 24.9 Å². The molecule has 0 atom stereocenters. The second kappa shape index (κ2) is 5.80. The van der Waals surface area contributed by atoms with Crippen molar-refractivity contribution in [3.8, 4) is 0 Å². The van der Waals surface area contributed by atoms with Gasteiger partial charge in [0.2, 0.25) is 0 Å². The summed E-state index contributed by atoms with van der Waals surface area (Å²) < 4.78 is 1.62. The number of nitrogens with zero attached hydrogens (tertiary/aromatic N) is 3. The van der Waals surface area contributed by atoms with Gasteiger partial charge in [-0.05, 0) is 6.92 Å². The Morgan fingerprint density at radius 1 is 1.57 bits per heavy atom. The summed E-state index contributed by atoms with van der Waals surface area (Å²) in [6.45, 7) is 2.55. The third kappa shape index (κ3) is 3.11. The van der Waals surface area contributed by atoms with E-state index in [1.165, 1.54) is 6.20 Å². The number of aromatic nitrogens is 2. The highest BCUT2D eigenvalue weighted by Crippen LogP contribution is 2.29. The number of amides is 1. The van der Waals surface area contributed by atoms with Crippen LogP contribution in [0, 0.1) is 10.1 Å². The van der Waals surface area contributed by atoms with Gasteiger partial charge in [0.05, 0.1) is 33.1 Å². The number of nitrogens with one attached hydrogen (secondary N) is 1. The second-order valence-electron chi connectivity index (χ2n) is 4.18. The number of aryl methyl sites for hydroxylation is 1. The standard InChI is InChI=1S/C12H12ClN5O3/c1-2-17-6-7(5-15-17)16-12(19)9-3-8(18(20)21)4-10(13)11(9)14/h3-6H,2,14H2,1H3,(H,16,19). The molecule has 0 bridgehead atoms. The quantitative estimate of drug-likeness (QED) is 0.510. The third-order valence-electron chi connectivity index (χ3n) is 2.78. The van der Waals surface area contributed by atoms with Crippen LogP contribution in [0.3, 0.4) is 0 Å². The summed E-state index contributed by atoms with van der Waals surface area (Å²) in [5, 5.41) is 17.3. The zero-order valence-corrected chi connectivity index (χ0v) is 11.8. The van der Waals surface area contributed by atoms with Crippen LogP contribution in [0.2, 0.25) is 5.02 Å². The van der Waals surface area contributed by atoms with Crippen molar-refractivity contribution in [1.82, 2.24) is 9.78 Å². The van der Waals surface area contributed by atoms with Crippen LogP contribution in [0.4, 0.5) is 17.1 Å². The number of carbonyl (C=O) groups excluding carboxylic acids is 1. The molecule has 0 radical (unpaired) electrons. The molecule has 21 heavy (non-hydrogen) atoms. The number of halogens is 1. The Kier molecular flexibility index (Phi) is 4.08. The maximum Gasteiger partial charge on any atom is 0.271 e. The molecule has 0 saturated carbocycles. The van der Waals surface area contributed by atoms with Crippen LogP contribution in [0.15, 0.2) is 24.5 Å². The molecule has 0 aliphatic rings. The number of benzene rings is 1. The number of hydrogen-bond donors (Lipinski definition) is 2. The van der Waals surface area contributed by atoms with Gasteiger partial charge in [-0.15, -0.1) is 0 Å². The molecule has 2 aromatic rings. The molecule has 1 aromatic heterocycles. The minimum Gasteiger partial charge on any atom is -0.397 e. The van der Waals surface area contributed by atoms with Gasteiger partial charge in [0.25, 0.3) is 11.6 Å². The smallest absolute Gasteiger partial charge is 0.271 e. The minimum atomic E-state index is -0.642. The van der Waals surface area contributed by atoms with Crippen LogP contribution < -0.4 is 11.1 Å². The highest BCUT2D eigenvalue weighted by atomic mass is 35.5. The van der Waals surface area contributed by atoms with Crippen molar-refractivity contribution in [2.45, 2.75) is 13.5 Å². The number of non-ortho nitro benzene ring substituents is 1. The number of nitro benzene ring substituents is 1. The summed E-state index contributed by atoms with van der Waals surface area (Å²) in [6.07, 6.45) is 3.10. The first-order valence-electron chi connectivity index (χ1n) is 5.99. The second-order valence-corrected chi connectivity index (χ2v) is 4.59. The Balaban J connectivity index is 2.32. The predicted octanol–water partition coefficient (Wildman–Crippen LogP) is 2.30. The zero-order chi connectivity index (χ0) is 15.6. The molecule has 0 unspecified atom stereocenters. The molecule has 9 heteroatoms. The van der Waals surface area contributed by atoms with Crippen LogP contribution >= 0.6 is 11.6 Å². The summed E-state index contributed by atoms with van der Waals surface area (Å²) in [6, 6.07) is 2.18. The van der Waals surface area contributed by atoms with E-state index >= 15 is 0 Å². The average molecular weight is 310 g/mol. The maximum atomic E-state index is 12.2. The molecule has 2 rings (SSSR count). The topological polar surface area (TPSA) is 116 Å². The number of nitro groups is 1. The van der Waals surface area contributed by atoms with E-state index in [-0.39, 0.29) is 22.0 Å². The lowest BCUT2D eigenvalue weighted by Crippen LogP contribution is -2.14. The molecule has 8 nitrogen and oxygen atoms in total. The number of rotatable bonds is 4. The van der Waals surface area contributed by atoms with Gasteiger partial charge >= 0.3 is 0 Å². The molecule has 3 N–H and O–H groups in total. The van der Waals surface area contributed by atoms with Crippen LogP contribution in [0.1, 0.15) is 17.3 Å². The lowest BCUT2D eigenvalue weighted by atomic mass is 10.1. The van der Waals surface area contributed by atoms with Crippen LogP contribution in [0.5, 0.6) is 0 Å². The lowest BCUT2D eigenvalue weighted by Gasteiger charge is -2.07. The van der Waals surface area contributed by atoms with Crippen molar-refractivity contribution in [1.29, 1.82) is 0 Å². The number of anilines is 2. The Hall–Kier alpha value is -2.61. The highest BCUT2D eigenvalue weighted by molar-refractivity contribution is 6.34. The van der Waals surface area contributed by atoms with Crippen LogP contribution in [0.25, 0.3) is 0 Å². The van der Waals surface area contributed by atoms with Crippen molar-refractivity contribution in [3.63, 3.8) is 0 Å². The maximum absolute atomic E-state index is 12.2. The molecular weight excluding hydrogens is 298 g/mol. The molecule has 0 aliphatic carbocycles. The van der Waals surface area contributed by atoms with Gasteiger partial charge < -0.3 is 11.1 Å². The Morgan fingerprint density at radius 2 is 2.29 bits per heavy atom. The van der Waals surface area contributed by atoms with Gasteiger partial charge in [-0.1, -0.05) is 11.6 Å². The van der Waals surface area contributed by atoms with E-state index in [4.69, 9.17) is 17.3 Å². The molecule has 0 saturated heterocycles. The van der Waals surface area contributed by atoms with E-state index < -0.39 is 10.8 Å². The fraction of sp³-hybridized carbons (Fsp3) is 0.167. The zero-order valence-electron chi connectivity index (χ0n) is 11.0. The van der Waals surface area contributed by atoms with Crippen molar-refractivity contribution in [3.05, 3.63) is 45.2 Å². The van der Waals surface area contributed by atoms with E-state index in [1.54, 1.807) is 10.9 Å². The van der Waals surface area contributed by atoms with Crippen LogP contribution in [-0.4, -0.2) is 20.6 Å². The largest absolute Gasteiger partial charge is 0.397 e. The predicted molar refractivity (Wildman–Crippen MR) is 78.4 cm³/mol. The number of nitrogen functional groups attached to an aromatic ring is 1. The Labute approximate surface area is 124 Å². The normalized spacial score (nSPS) is 10.4. The van der Waals surface area contributed by atoms with Crippen molar-refractivity contribution in [2.24, 2.45) is 0 Å².